The van der Waals surface area contributed by atoms with Crippen LogP contribution in [0.2, 0.25) is 5.02 Å². The number of nitrogens with zero attached hydrogens (tertiary/aromatic N) is 5. The summed E-state index contributed by atoms with van der Waals surface area (Å²) in [6.07, 6.45) is 4.95. The molecule has 2 amide bonds. The van der Waals surface area contributed by atoms with Gasteiger partial charge in [0.2, 0.25) is 0 Å². The molecule has 1 atom stereocenters. The maximum Gasteiger partial charge on any atom is 0.275 e. The molecule has 45 heavy (non-hydrogen) atoms. The molecular weight excluding hydrogens is 593 g/mol. The molecule has 1 aliphatic heterocycles. The predicted octanol–water partition coefficient (Wildman–Crippen LogP) is 7.05. The van der Waals surface area contributed by atoms with Crippen molar-refractivity contribution in [1.82, 2.24) is 30.8 Å². The Morgan fingerprint density at radius 3 is 2.38 bits per heavy atom. The first-order valence-electron chi connectivity index (χ1n) is 15.7. The minimum Gasteiger partial charge on any atom is -0.345 e. The third-order valence-electron chi connectivity index (χ3n) is 9.23. The highest BCUT2D eigenvalue weighted by molar-refractivity contribution is 6.47. The van der Waals surface area contributed by atoms with Crippen LogP contribution in [-0.4, -0.2) is 48.7 Å². The number of tetrazole rings is 1. The molecule has 240 valence electrons. The Labute approximate surface area is 269 Å². The van der Waals surface area contributed by atoms with Gasteiger partial charge in [-0.3, -0.25) is 14.6 Å². The second-order valence-corrected chi connectivity index (χ2v) is 15.0. The molecule has 0 unspecified atom stereocenters. The van der Waals surface area contributed by atoms with Crippen molar-refractivity contribution in [1.29, 1.82) is 0 Å². The van der Waals surface area contributed by atoms with E-state index in [9.17, 15) is 14.0 Å². The molecule has 1 aliphatic carbocycles. The van der Waals surface area contributed by atoms with E-state index >= 15 is 0 Å². The van der Waals surface area contributed by atoms with E-state index in [1.165, 1.54) is 12.1 Å². The van der Waals surface area contributed by atoms with Gasteiger partial charge in [0.25, 0.3) is 11.8 Å². The Morgan fingerprint density at radius 1 is 1.11 bits per heavy atom. The van der Waals surface area contributed by atoms with Gasteiger partial charge < -0.3 is 10.2 Å². The summed E-state index contributed by atoms with van der Waals surface area (Å²) < 4.78 is 14.1. The van der Waals surface area contributed by atoms with Gasteiger partial charge in [0.15, 0.2) is 5.82 Å². The van der Waals surface area contributed by atoms with Crippen molar-refractivity contribution < 1.29 is 14.0 Å². The molecule has 2 heterocycles. The first-order valence-corrected chi connectivity index (χ1v) is 16.0. The molecule has 1 aromatic heterocycles. The van der Waals surface area contributed by atoms with Gasteiger partial charge in [0.1, 0.15) is 17.2 Å². The van der Waals surface area contributed by atoms with Gasteiger partial charge in [-0.1, -0.05) is 70.5 Å². The zero-order valence-corrected chi connectivity index (χ0v) is 27.7. The van der Waals surface area contributed by atoms with Gasteiger partial charge in [0.05, 0.1) is 17.6 Å². The number of hydrogen-bond acceptors (Lipinski definition) is 6. The number of carbonyl (C=O) groups is 2. The van der Waals surface area contributed by atoms with Crippen LogP contribution in [0.25, 0.3) is 0 Å². The smallest absolute Gasteiger partial charge is 0.275 e. The third-order valence-corrected chi connectivity index (χ3v) is 9.52. The Balaban J connectivity index is 1.50. The Kier molecular flexibility index (Phi) is 9.18. The topological polar surface area (TPSA) is 116 Å². The molecule has 1 fully saturated rings. The highest BCUT2D eigenvalue weighted by Crippen LogP contribution is 2.50. The molecule has 2 aliphatic rings. The highest BCUT2D eigenvalue weighted by Gasteiger charge is 2.52. The number of aromatic nitrogens is 4. The lowest BCUT2D eigenvalue weighted by Crippen LogP contribution is -2.51. The summed E-state index contributed by atoms with van der Waals surface area (Å²) in [6.45, 7) is 13.6. The van der Waals surface area contributed by atoms with Crippen molar-refractivity contribution >= 4 is 29.1 Å². The molecule has 11 heteroatoms. The fourth-order valence-corrected chi connectivity index (χ4v) is 6.75. The monoisotopic (exact) mass is 635 g/mol. The molecule has 0 radical (unpaired) electrons. The van der Waals surface area contributed by atoms with Crippen LogP contribution in [0.3, 0.4) is 0 Å². The van der Waals surface area contributed by atoms with E-state index in [4.69, 9.17) is 16.6 Å². The third kappa shape index (κ3) is 7.27. The van der Waals surface area contributed by atoms with Crippen molar-refractivity contribution in [2.24, 2.45) is 21.7 Å². The fraction of sp³-hybridized carbons (Fsp3) is 0.529. The summed E-state index contributed by atoms with van der Waals surface area (Å²) in [5, 5.41) is 16.4. The van der Waals surface area contributed by atoms with Crippen molar-refractivity contribution in [3.63, 3.8) is 0 Å². The van der Waals surface area contributed by atoms with Crippen LogP contribution in [0.1, 0.15) is 113 Å². The molecule has 0 saturated heterocycles. The van der Waals surface area contributed by atoms with Gasteiger partial charge >= 0.3 is 0 Å². The van der Waals surface area contributed by atoms with Crippen LogP contribution >= 0.6 is 11.6 Å². The van der Waals surface area contributed by atoms with Crippen molar-refractivity contribution in [2.75, 3.05) is 0 Å². The van der Waals surface area contributed by atoms with Gasteiger partial charge in [-0.25, -0.2) is 4.39 Å². The van der Waals surface area contributed by atoms with E-state index in [0.717, 1.165) is 44.1 Å². The number of rotatable bonds is 8. The summed E-state index contributed by atoms with van der Waals surface area (Å²) >= 11 is 6.17. The van der Waals surface area contributed by atoms with E-state index in [1.54, 1.807) is 18.2 Å². The number of aliphatic imine (C=N–C) groups is 1. The molecule has 3 aromatic rings. The molecule has 1 saturated carbocycles. The summed E-state index contributed by atoms with van der Waals surface area (Å²) in [5.74, 6) is -0.0658. The lowest BCUT2D eigenvalue weighted by Gasteiger charge is -2.47. The number of amides is 2. The highest BCUT2D eigenvalue weighted by atomic mass is 35.5. The van der Waals surface area contributed by atoms with Gasteiger partial charge in [-0.15, -0.1) is 10.2 Å². The second-order valence-electron chi connectivity index (χ2n) is 14.6. The molecule has 1 spiro atoms. The Bertz CT molecular complexity index is 1550. The zero-order valence-electron chi connectivity index (χ0n) is 27.0. The number of benzene rings is 2. The van der Waals surface area contributed by atoms with Crippen LogP contribution in [-0.2, 0) is 11.3 Å². The molecule has 2 N–H and O–H groups in total. The van der Waals surface area contributed by atoms with Crippen molar-refractivity contribution in [2.45, 2.75) is 98.3 Å². The molecule has 0 bridgehead atoms. The van der Waals surface area contributed by atoms with E-state index in [0.29, 0.717) is 28.6 Å². The van der Waals surface area contributed by atoms with Crippen LogP contribution in [0.4, 0.5) is 4.39 Å². The molecule has 2 aromatic carbocycles. The lowest BCUT2D eigenvalue weighted by atomic mass is 9.69. The Morgan fingerprint density at radius 2 is 1.80 bits per heavy atom. The van der Waals surface area contributed by atoms with Crippen molar-refractivity contribution in [3.8, 4) is 0 Å². The SMILES string of the molecule is CC(C)(C)CC[C@H](c1ccc(C(=O)NCc2nn[nH]n2)cc1)N1C(=O)C(c2ccc(F)c(Cl)c2)=NC12CCC(C(C)(C)C)CC2. The van der Waals surface area contributed by atoms with Gasteiger partial charge in [0, 0.05) is 11.1 Å². The molecular formula is C34H43ClFN7O2. The van der Waals surface area contributed by atoms with E-state index in [2.05, 4.69) is 67.5 Å². The standard InChI is InChI=1S/C34H43ClFN7O2/c1-32(2,3)16-15-27(21-7-9-22(10-8-21)30(44)37-20-28-39-41-42-40-28)43-31(45)29(23-11-12-26(36)25(35)19-23)38-34(43)17-13-24(14-18-34)33(4,5)6/h7-12,19,24,27H,13-18,20H2,1-6H3,(H,37,44)(H,39,40,41,42)/t24?,27-,34?/m1/s1. The summed E-state index contributed by atoms with van der Waals surface area (Å²) in [5.41, 5.74) is 1.73. The average Bonchev–Trinajstić information content (AvgIpc) is 3.60. The summed E-state index contributed by atoms with van der Waals surface area (Å²) in [6, 6.07) is 11.5. The summed E-state index contributed by atoms with van der Waals surface area (Å²) in [4.78, 5) is 34.6. The fourth-order valence-electron chi connectivity index (χ4n) is 6.56. The van der Waals surface area contributed by atoms with Gasteiger partial charge in [-0.2, -0.15) is 5.21 Å². The van der Waals surface area contributed by atoms with E-state index in [-0.39, 0.29) is 40.3 Å². The predicted molar refractivity (Wildman–Crippen MR) is 172 cm³/mol. The lowest BCUT2D eigenvalue weighted by molar-refractivity contribution is -0.134. The quantitative estimate of drug-likeness (QED) is 0.275. The minimum atomic E-state index is -0.724. The Hall–Kier alpha value is -3.66. The van der Waals surface area contributed by atoms with E-state index in [1.807, 2.05) is 17.0 Å². The number of carbonyl (C=O) groups excluding carboxylic acids is 2. The average molecular weight is 636 g/mol. The molecule has 5 rings (SSSR count). The van der Waals surface area contributed by atoms with Crippen LogP contribution in [0, 0.1) is 22.6 Å². The number of aromatic amines is 1. The first kappa shape index (κ1) is 32.7. The largest absolute Gasteiger partial charge is 0.345 e. The van der Waals surface area contributed by atoms with Gasteiger partial charge in [-0.05, 0) is 91.2 Å². The number of halogens is 2. The number of hydrogen-bond donors (Lipinski definition) is 2. The second kappa shape index (κ2) is 12.6. The van der Waals surface area contributed by atoms with Crippen LogP contribution in [0.15, 0.2) is 47.5 Å². The van der Waals surface area contributed by atoms with Crippen molar-refractivity contribution in [3.05, 3.63) is 75.8 Å². The maximum atomic E-state index is 14.5. The minimum absolute atomic E-state index is 0.0290. The normalized spacial score (nSPS) is 21.2. The number of nitrogens with one attached hydrogen (secondary N) is 2. The van der Waals surface area contributed by atoms with Crippen LogP contribution in [0.5, 0.6) is 0 Å². The number of H-pyrrole nitrogens is 1. The van der Waals surface area contributed by atoms with E-state index < -0.39 is 11.5 Å². The molecule has 9 nitrogen and oxygen atoms in total. The zero-order chi connectivity index (χ0) is 32.6. The maximum absolute atomic E-state index is 14.5. The first-order chi connectivity index (χ1) is 21.2. The van der Waals surface area contributed by atoms with Crippen LogP contribution < -0.4 is 5.32 Å². The summed E-state index contributed by atoms with van der Waals surface area (Å²) in [7, 11) is 0.